The first-order valence-corrected chi connectivity index (χ1v) is 8.80. The Morgan fingerprint density at radius 1 is 1.08 bits per heavy atom. The molecule has 1 aliphatic carbocycles. The SMILES string of the molecule is CN(C)CC1CC/C(=C\c2ccccc2)CC1c1cccc(O)c1. The van der Waals surface area contributed by atoms with Crippen molar-refractivity contribution in [1.82, 2.24) is 4.90 Å². The topological polar surface area (TPSA) is 23.5 Å². The summed E-state index contributed by atoms with van der Waals surface area (Å²) in [5, 5.41) is 9.89. The minimum absolute atomic E-state index is 0.371. The smallest absolute Gasteiger partial charge is 0.115 e. The zero-order valence-electron chi connectivity index (χ0n) is 14.7. The van der Waals surface area contributed by atoms with Crippen LogP contribution in [0.4, 0.5) is 0 Å². The predicted molar refractivity (Wildman–Crippen MR) is 101 cm³/mol. The van der Waals surface area contributed by atoms with Crippen LogP contribution in [0.5, 0.6) is 5.75 Å². The quantitative estimate of drug-likeness (QED) is 0.864. The van der Waals surface area contributed by atoms with Gasteiger partial charge in [-0.1, -0.05) is 54.1 Å². The van der Waals surface area contributed by atoms with Gasteiger partial charge in [0.05, 0.1) is 0 Å². The zero-order valence-corrected chi connectivity index (χ0v) is 14.7. The van der Waals surface area contributed by atoms with Crippen molar-refractivity contribution in [3.05, 3.63) is 71.3 Å². The first kappa shape index (κ1) is 16.8. The third-order valence-corrected chi connectivity index (χ3v) is 4.96. The maximum absolute atomic E-state index is 9.89. The summed E-state index contributed by atoms with van der Waals surface area (Å²) in [4.78, 5) is 2.28. The van der Waals surface area contributed by atoms with Gasteiger partial charge in [-0.25, -0.2) is 0 Å². The molecule has 0 heterocycles. The summed E-state index contributed by atoms with van der Waals surface area (Å²) in [5.41, 5.74) is 4.07. The molecule has 2 atom stereocenters. The van der Waals surface area contributed by atoms with Crippen molar-refractivity contribution < 1.29 is 5.11 Å². The Labute approximate surface area is 145 Å². The Hall–Kier alpha value is -2.06. The van der Waals surface area contributed by atoms with Crippen LogP contribution in [0, 0.1) is 5.92 Å². The average Bonchev–Trinajstić information content (AvgIpc) is 2.57. The van der Waals surface area contributed by atoms with Gasteiger partial charge >= 0.3 is 0 Å². The summed E-state index contributed by atoms with van der Waals surface area (Å²) in [5.74, 6) is 1.48. The lowest BCUT2D eigenvalue weighted by Gasteiger charge is -2.35. The Kier molecular flexibility index (Phi) is 5.37. The summed E-state index contributed by atoms with van der Waals surface area (Å²) < 4.78 is 0. The summed E-state index contributed by atoms with van der Waals surface area (Å²) in [6.45, 7) is 1.10. The van der Waals surface area contributed by atoms with Crippen LogP contribution in [0.1, 0.15) is 36.3 Å². The van der Waals surface area contributed by atoms with E-state index in [2.05, 4.69) is 61.5 Å². The Morgan fingerprint density at radius 3 is 2.58 bits per heavy atom. The highest BCUT2D eigenvalue weighted by atomic mass is 16.3. The van der Waals surface area contributed by atoms with Crippen molar-refractivity contribution >= 4 is 6.08 Å². The van der Waals surface area contributed by atoms with Gasteiger partial charge in [0.1, 0.15) is 5.75 Å². The van der Waals surface area contributed by atoms with E-state index in [-0.39, 0.29) is 0 Å². The van der Waals surface area contributed by atoms with Crippen LogP contribution in [0.3, 0.4) is 0 Å². The molecular formula is C22H27NO. The van der Waals surface area contributed by atoms with E-state index in [1.807, 2.05) is 12.1 Å². The highest BCUT2D eigenvalue weighted by molar-refractivity contribution is 5.53. The maximum atomic E-state index is 9.89. The molecule has 2 aromatic carbocycles. The van der Waals surface area contributed by atoms with Crippen LogP contribution in [0.25, 0.3) is 6.08 Å². The Bertz CT molecular complexity index is 690. The molecule has 0 bridgehead atoms. The summed E-state index contributed by atoms with van der Waals surface area (Å²) in [7, 11) is 4.30. The van der Waals surface area contributed by atoms with Gasteiger partial charge in [0.25, 0.3) is 0 Å². The molecule has 0 amide bonds. The van der Waals surface area contributed by atoms with Gasteiger partial charge in [0, 0.05) is 6.54 Å². The van der Waals surface area contributed by atoms with E-state index in [9.17, 15) is 5.11 Å². The lowest BCUT2D eigenvalue weighted by Crippen LogP contribution is -2.29. The van der Waals surface area contributed by atoms with E-state index in [1.54, 1.807) is 6.07 Å². The molecular weight excluding hydrogens is 294 g/mol. The lowest BCUT2D eigenvalue weighted by atomic mass is 9.73. The molecule has 0 aromatic heterocycles. The van der Waals surface area contributed by atoms with E-state index in [4.69, 9.17) is 0 Å². The summed E-state index contributed by atoms with van der Waals surface area (Å²) in [6.07, 6.45) is 5.80. The maximum Gasteiger partial charge on any atom is 0.115 e. The van der Waals surface area contributed by atoms with Crippen LogP contribution in [-0.2, 0) is 0 Å². The molecule has 0 spiro atoms. The molecule has 126 valence electrons. The molecule has 2 heteroatoms. The van der Waals surface area contributed by atoms with E-state index in [0.717, 1.165) is 13.0 Å². The van der Waals surface area contributed by atoms with Crippen molar-refractivity contribution in [2.75, 3.05) is 20.6 Å². The lowest BCUT2D eigenvalue weighted by molar-refractivity contribution is 0.256. The number of aromatic hydroxyl groups is 1. The number of allylic oxidation sites excluding steroid dienone is 1. The first-order valence-electron chi connectivity index (χ1n) is 8.80. The van der Waals surface area contributed by atoms with Gasteiger partial charge in [-0.3, -0.25) is 0 Å². The standard InChI is InChI=1S/C22H27NO/c1-23(2)16-20-12-11-18(13-17-7-4-3-5-8-17)14-22(20)19-9-6-10-21(24)15-19/h3-10,13,15,20,22,24H,11-12,14,16H2,1-2H3/b18-13+. The van der Waals surface area contributed by atoms with E-state index >= 15 is 0 Å². The van der Waals surface area contributed by atoms with Crippen molar-refractivity contribution in [2.24, 2.45) is 5.92 Å². The molecule has 2 aromatic rings. The fourth-order valence-corrected chi connectivity index (χ4v) is 3.87. The molecule has 1 N–H and O–H groups in total. The fourth-order valence-electron chi connectivity index (χ4n) is 3.87. The second-order valence-corrected chi connectivity index (χ2v) is 7.18. The molecule has 24 heavy (non-hydrogen) atoms. The van der Waals surface area contributed by atoms with Crippen LogP contribution >= 0.6 is 0 Å². The average molecular weight is 321 g/mol. The minimum Gasteiger partial charge on any atom is -0.508 e. The van der Waals surface area contributed by atoms with Gasteiger partial charge in [0.2, 0.25) is 0 Å². The van der Waals surface area contributed by atoms with Crippen LogP contribution in [0.2, 0.25) is 0 Å². The number of phenolic OH excluding ortho intramolecular Hbond substituents is 1. The van der Waals surface area contributed by atoms with Crippen LogP contribution in [0.15, 0.2) is 60.2 Å². The molecule has 1 aliphatic rings. The van der Waals surface area contributed by atoms with E-state index in [1.165, 1.54) is 29.5 Å². The minimum atomic E-state index is 0.371. The predicted octanol–water partition coefficient (Wildman–Crippen LogP) is 4.92. The largest absolute Gasteiger partial charge is 0.508 e. The van der Waals surface area contributed by atoms with Gasteiger partial charge in [-0.2, -0.15) is 0 Å². The Balaban J connectivity index is 1.86. The molecule has 3 rings (SSSR count). The van der Waals surface area contributed by atoms with Crippen LogP contribution < -0.4 is 0 Å². The molecule has 2 nitrogen and oxygen atoms in total. The molecule has 1 saturated carbocycles. The number of benzene rings is 2. The number of phenols is 1. The van der Waals surface area contributed by atoms with Crippen molar-refractivity contribution in [2.45, 2.75) is 25.2 Å². The number of rotatable bonds is 4. The highest BCUT2D eigenvalue weighted by Gasteiger charge is 2.29. The molecule has 2 unspecified atom stereocenters. The van der Waals surface area contributed by atoms with Gasteiger partial charge < -0.3 is 10.0 Å². The van der Waals surface area contributed by atoms with E-state index in [0.29, 0.717) is 17.6 Å². The second kappa shape index (κ2) is 7.67. The number of hydrogen-bond acceptors (Lipinski definition) is 2. The second-order valence-electron chi connectivity index (χ2n) is 7.18. The monoisotopic (exact) mass is 321 g/mol. The van der Waals surface area contributed by atoms with Crippen molar-refractivity contribution in [1.29, 1.82) is 0 Å². The Morgan fingerprint density at radius 2 is 1.88 bits per heavy atom. The molecule has 1 fully saturated rings. The number of nitrogens with zero attached hydrogens (tertiary/aromatic N) is 1. The zero-order chi connectivity index (χ0) is 16.9. The summed E-state index contributed by atoms with van der Waals surface area (Å²) in [6, 6.07) is 18.4. The molecule has 0 aliphatic heterocycles. The molecule has 0 radical (unpaired) electrons. The van der Waals surface area contributed by atoms with E-state index < -0.39 is 0 Å². The van der Waals surface area contributed by atoms with Gasteiger partial charge in [-0.15, -0.1) is 0 Å². The summed E-state index contributed by atoms with van der Waals surface area (Å²) >= 11 is 0. The number of hydrogen-bond donors (Lipinski definition) is 1. The normalized spacial score (nSPS) is 22.9. The van der Waals surface area contributed by atoms with Crippen molar-refractivity contribution in [3.8, 4) is 5.75 Å². The third kappa shape index (κ3) is 4.27. The van der Waals surface area contributed by atoms with Crippen LogP contribution in [-0.4, -0.2) is 30.6 Å². The van der Waals surface area contributed by atoms with Crippen molar-refractivity contribution in [3.63, 3.8) is 0 Å². The van der Waals surface area contributed by atoms with Gasteiger partial charge in [0.15, 0.2) is 0 Å². The molecule has 0 saturated heterocycles. The van der Waals surface area contributed by atoms with Gasteiger partial charge in [-0.05, 0) is 68.5 Å². The third-order valence-electron chi connectivity index (χ3n) is 4.96. The first-order chi connectivity index (χ1) is 11.6. The fraction of sp³-hybridized carbons (Fsp3) is 0.364. The highest BCUT2D eigenvalue weighted by Crippen LogP contribution is 2.41.